The topological polar surface area (TPSA) is 84.9 Å². The minimum Gasteiger partial charge on any atom is -0.493 e. The van der Waals surface area contributed by atoms with Crippen molar-refractivity contribution in [2.45, 2.75) is 36.7 Å². The van der Waals surface area contributed by atoms with Crippen LogP contribution in [0.1, 0.15) is 35.6 Å². The molecule has 0 bridgehead atoms. The zero-order valence-electron chi connectivity index (χ0n) is 15.6. The van der Waals surface area contributed by atoms with Gasteiger partial charge >= 0.3 is 0 Å². The summed E-state index contributed by atoms with van der Waals surface area (Å²) in [6, 6.07) is 10.3. The molecule has 0 heterocycles. The highest BCUT2D eigenvalue weighted by atomic mass is 32.2. The lowest BCUT2D eigenvalue weighted by atomic mass is 9.92. The first-order chi connectivity index (χ1) is 12.9. The van der Waals surface area contributed by atoms with E-state index in [1.165, 1.54) is 19.8 Å². The normalized spacial score (nSPS) is 15.1. The number of methoxy groups -OCH3 is 2. The number of hydrogen-bond acceptors (Lipinski definition) is 5. The predicted molar refractivity (Wildman–Crippen MR) is 103 cm³/mol. The van der Waals surface area contributed by atoms with E-state index in [0.717, 1.165) is 31.2 Å². The minimum absolute atomic E-state index is 0.130. The molecule has 0 saturated carbocycles. The molecule has 0 amide bonds. The van der Waals surface area contributed by atoms with E-state index in [0.29, 0.717) is 17.1 Å². The largest absolute Gasteiger partial charge is 0.493 e. The number of sulfonamides is 1. The Labute approximate surface area is 160 Å². The molecule has 2 N–H and O–H groups in total. The smallest absolute Gasteiger partial charge is 0.240 e. The maximum atomic E-state index is 12.6. The molecule has 0 saturated heterocycles. The fourth-order valence-corrected chi connectivity index (χ4v) is 4.42. The average molecular weight is 391 g/mol. The number of hydrogen-bond donors (Lipinski definition) is 2. The van der Waals surface area contributed by atoms with Crippen molar-refractivity contribution in [2.75, 3.05) is 20.8 Å². The molecule has 1 aliphatic carbocycles. The molecule has 2 aromatic rings. The fraction of sp³-hybridized carbons (Fsp3) is 0.400. The third kappa shape index (κ3) is 4.43. The zero-order chi connectivity index (χ0) is 19.4. The van der Waals surface area contributed by atoms with Crippen LogP contribution in [0.5, 0.6) is 11.5 Å². The molecular formula is C20H25NO5S. The van der Waals surface area contributed by atoms with E-state index >= 15 is 0 Å². The predicted octanol–water partition coefficient (Wildman–Crippen LogP) is 2.59. The highest BCUT2D eigenvalue weighted by Gasteiger charge is 2.20. The van der Waals surface area contributed by atoms with E-state index in [9.17, 15) is 13.5 Å². The van der Waals surface area contributed by atoms with Gasteiger partial charge in [0.15, 0.2) is 11.5 Å². The molecule has 2 aromatic carbocycles. The molecule has 1 aliphatic rings. The molecular weight excluding hydrogens is 366 g/mol. The van der Waals surface area contributed by atoms with Crippen molar-refractivity contribution in [3.05, 3.63) is 53.1 Å². The van der Waals surface area contributed by atoms with Crippen LogP contribution in [0.2, 0.25) is 0 Å². The number of ether oxygens (including phenoxy) is 2. The van der Waals surface area contributed by atoms with E-state index in [1.54, 1.807) is 30.3 Å². The van der Waals surface area contributed by atoms with Crippen LogP contribution >= 0.6 is 0 Å². The van der Waals surface area contributed by atoms with Crippen LogP contribution in [-0.4, -0.2) is 34.3 Å². The number of nitrogens with one attached hydrogen (secondary N) is 1. The van der Waals surface area contributed by atoms with Crippen LogP contribution in [0.15, 0.2) is 41.3 Å². The minimum atomic E-state index is -3.69. The molecule has 3 rings (SSSR count). The van der Waals surface area contributed by atoms with Gasteiger partial charge in [-0.3, -0.25) is 0 Å². The molecule has 1 unspecified atom stereocenters. The monoisotopic (exact) mass is 391 g/mol. The third-order valence-electron chi connectivity index (χ3n) is 4.89. The molecule has 7 heteroatoms. The molecule has 0 fully saturated rings. The average Bonchev–Trinajstić information content (AvgIpc) is 2.71. The first kappa shape index (κ1) is 19.7. The van der Waals surface area contributed by atoms with Gasteiger partial charge in [0, 0.05) is 6.54 Å². The summed E-state index contributed by atoms with van der Waals surface area (Å²) in [4.78, 5) is 0.239. The van der Waals surface area contributed by atoms with Gasteiger partial charge in [0.2, 0.25) is 10.0 Å². The summed E-state index contributed by atoms with van der Waals surface area (Å²) in [5.74, 6) is 1.02. The Balaban J connectivity index is 1.71. The van der Waals surface area contributed by atoms with Crippen molar-refractivity contribution >= 4 is 10.0 Å². The Morgan fingerprint density at radius 2 is 1.70 bits per heavy atom. The second kappa shape index (κ2) is 8.29. The van der Waals surface area contributed by atoms with Gasteiger partial charge in [0.25, 0.3) is 0 Å². The van der Waals surface area contributed by atoms with Crippen LogP contribution in [0.4, 0.5) is 0 Å². The first-order valence-corrected chi connectivity index (χ1v) is 10.4. The molecule has 1 atom stereocenters. The Hall–Kier alpha value is -2.09. The summed E-state index contributed by atoms with van der Waals surface area (Å²) in [6.07, 6.45) is 3.14. The van der Waals surface area contributed by atoms with E-state index in [2.05, 4.69) is 4.72 Å². The Kier molecular flexibility index (Phi) is 6.04. The van der Waals surface area contributed by atoms with Crippen LogP contribution in [0, 0.1) is 0 Å². The lowest BCUT2D eigenvalue weighted by Gasteiger charge is -2.18. The second-order valence-corrected chi connectivity index (χ2v) is 8.39. The molecule has 0 aromatic heterocycles. The van der Waals surface area contributed by atoms with Gasteiger partial charge < -0.3 is 14.6 Å². The van der Waals surface area contributed by atoms with Crippen molar-refractivity contribution in [3.8, 4) is 11.5 Å². The van der Waals surface area contributed by atoms with Gasteiger partial charge in [-0.05, 0) is 66.6 Å². The number of aliphatic hydroxyl groups is 1. The van der Waals surface area contributed by atoms with E-state index in [1.807, 2.05) is 6.07 Å². The summed E-state index contributed by atoms with van der Waals surface area (Å²) in [7, 11) is -0.656. The Bertz CT molecular complexity index is 911. The third-order valence-corrected chi connectivity index (χ3v) is 6.31. The van der Waals surface area contributed by atoms with Crippen molar-refractivity contribution in [1.82, 2.24) is 4.72 Å². The number of fused-ring (bicyclic) bond motifs is 1. The maximum Gasteiger partial charge on any atom is 0.240 e. The van der Waals surface area contributed by atoms with Gasteiger partial charge in [-0.2, -0.15) is 0 Å². The Morgan fingerprint density at radius 3 is 2.41 bits per heavy atom. The van der Waals surface area contributed by atoms with Gasteiger partial charge in [-0.25, -0.2) is 13.1 Å². The first-order valence-electron chi connectivity index (χ1n) is 8.96. The van der Waals surface area contributed by atoms with Gasteiger partial charge in [-0.1, -0.05) is 12.1 Å². The zero-order valence-corrected chi connectivity index (χ0v) is 16.4. The summed E-state index contributed by atoms with van der Waals surface area (Å²) < 4.78 is 38.1. The summed E-state index contributed by atoms with van der Waals surface area (Å²) in [5.41, 5.74) is 2.87. The van der Waals surface area contributed by atoms with Gasteiger partial charge in [0.05, 0.1) is 25.2 Å². The number of aryl methyl sites for hydroxylation is 2. The van der Waals surface area contributed by atoms with Gasteiger partial charge in [-0.15, -0.1) is 0 Å². The summed E-state index contributed by atoms with van der Waals surface area (Å²) in [5, 5.41) is 10.4. The van der Waals surface area contributed by atoms with Crippen molar-refractivity contribution in [2.24, 2.45) is 0 Å². The van der Waals surface area contributed by atoms with E-state index in [-0.39, 0.29) is 11.4 Å². The lowest BCUT2D eigenvalue weighted by molar-refractivity contribution is 0.181. The van der Waals surface area contributed by atoms with E-state index in [4.69, 9.17) is 9.47 Å². The molecule has 6 nitrogen and oxygen atoms in total. The SMILES string of the molecule is COc1ccc(C(O)CNS(=O)(=O)c2ccc3c(c2)CCCC3)cc1OC. The maximum absolute atomic E-state index is 12.6. The highest BCUT2D eigenvalue weighted by molar-refractivity contribution is 7.89. The fourth-order valence-electron chi connectivity index (χ4n) is 3.33. The standard InChI is InChI=1S/C20H25NO5S/c1-25-19-10-8-16(12-20(19)26-2)18(22)13-21-27(23,24)17-9-7-14-5-3-4-6-15(14)11-17/h7-12,18,21-22H,3-6,13H2,1-2H3. The molecule has 146 valence electrons. The number of rotatable bonds is 7. The molecule has 27 heavy (non-hydrogen) atoms. The van der Waals surface area contributed by atoms with E-state index < -0.39 is 16.1 Å². The van der Waals surface area contributed by atoms with Crippen molar-refractivity contribution in [1.29, 1.82) is 0 Å². The molecule has 0 aliphatic heterocycles. The summed E-state index contributed by atoms with van der Waals surface area (Å²) in [6.45, 7) is -0.130. The molecule has 0 radical (unpaired) electrons. The Morgan fingerprint density at radius 1 is 1.00 bits per heavy atom. The lowest BCUT2D eigenvalue weighted by Crippen LogP contribution is -2.28. The van der Waals surface area contributed by atoms with Crippen molar-refractivity contribution in [3.63, 3.8) is 0 Å². The van der Waals surface area contributed by atoms with Crippen molar-refractivity contribution < 1.29 is 23.0 Å². The van der Waals surface area contributed by atoms with Crippen LogP contribution in [0.3, 0.4) is 0 Å². The van der Waals surface area contributed by atoms with Crippen LogP contribution in [0.25, 0.3) is 0 Å². The number of aliphatic hydroxyl groups excluding tert-OH is 1. The highest BCUT2D eigenvalue weighted by Crippen LogP contribution is 2.30. The van der Waals surface area contributed by atoms with Gasteiger partial charge in [0.1, 0.15) is 0 Å². The summed E-state index contributed by atoms with van der Waals surface area (Å²) >= 11 is 0. The van der Waals surface area contributed by atoms with Crippen LogP contribution < -0.4 is 14.2 Å². The van der Waals surface area contributed by atoms with Crippen LogP contribution in [-0.2, 0) is 22.9 Å². The quantitative estimate of drug-likeness (QED) is 0.758. The molecule has 0 spiro atoms. The number of benzene rings is 2. The second-order valence-electron chi connectivity index (χ2n) is 6.62.